The molecule has 0 bridgehead atoms. The van der Waals surface area contributed by atoms with E-state index in [1.807, 2.05) is 0 Å². The van der Waals surface area contributed by atoms with Gasteiger partial charge in [-0.05, 0) is 34.1 Å². The molecule has 1 rings (SSSR count). The van der Waals surface area contributed by atoms with Crippen LogP contribution in [0.15, 0.2) is 22.7 Å². The summed E-state index contributed by atoms with van der Waals surface area (Å²) in [6.45, 7) is 0.258. The van der Waals surface area contributed by atoms with Gasteiger partial charge in [-0.15, -0.1) is 0 Å². The third kappa shape index (κ3) is 5.11. The number of sulfonamides is 1. The first-order chi connectivity index (χ1) is 8.29. The number of amides is 1. The lowest BCUT2D eigenvalue weighted by atomic mass is 10.2. The van der Waals surface area contributed by atoms with Crippen LogP contribution in [0.4, 0.5) is 4.39 Å². The number of carbonyl (C=O) groups is 1. The van der Waals surface area contributed by atoms with Crippen molar-refractivity contribution >= 4 is 31.9 Å². The lowest BCUT2D eigenvalue weighted by Gasteiger charge is -2.06. The van der Waals surface area contributed by atoms with E-state index in [2.05, 4.69) is 26.0 Å². The summed E-state index contributed by atoms with van der Waals surface area (Å²) >= 11 is 2.98. The van der Waals surface area contributed by atoms with Gasteiger partial charge in [0.25, 0.3) is 5.91 Å². The van der Waals surface area contributed by atoms with Crippen molar-refractivity contribution in [3.8, 4) is 0 Å². The summed E-state index contributed by atoms with van der Waals surface area (Å²) in [5, 5.41) is 2.51. The van der Waals surface area contributed by atoms with Gasteiger partial charge in [-0.1, -0.05) is 0 Å². The Morgan fingerprint density at radius 3 is 2.61 bits per heavy atom. The highest BCUT2D eigenvalue weighted by molar-refractivity contribution is 9.10. The highest BCUT2D eigenvalue weighted by Gasteiger charge is 2.08. The maximum absolute atomic E-state index is 12.9. The average molecular weight is 339 g/mol. The molecule has 0 spiro atoms. The van der Waals surface area contributed by atoms with Crippen molar-refractivity contribution in [3.05, 3.63) is 34.1 Å². The molecule has 0 unspecified atom stereocenters. The quantitative estimate of drug-likeness (QED) is 0.782. The smallest absolute Gasteiger partial charge is 0.251 e. The molecule has 8 heteroatoms. The van der Waals surface area contributed by atoms with Crippen LogP contribution in [0, 0.1) is 5.82 Å². The maximum atomic E-state index is 12.9. The molecule has 0 saturated carbocycles. The molecule has 0 aliphatic carbocycles. The summed E-state index contributed by atoms with van der Waals surface area (Å²) < 4.78 is 36.9. The molecule has 2 N–H and O–H groups in total. The fraction of sp³-hybridized carbons (Fsp3) is 0.300. The zero-order valence-corrected chi connectivity index (χ0v) is 11.9. The summed E-state index contributed by atoms with van der Waals surface area (Å²) in [7, 11) is -3.26. The van der Waals surface area contributed by atoms with Crippen LogP contribution in [-0.2, 0) is 10.0 Å². The molecule has 1 aromatic rings. The van der Waals surface area contributed by atoms with Gasteiger partial charge in [0.05, 0.1) is 10.7 Å². The van der Waals surface area contributed by atoms with Gasteiger partial charge in [0.1, 0.15) is 5.82 Å². The molecule has 0 saturated heterocycles. The van der Waals surface area contributed by atoms with Gasteiger partial charge >= 0.3 is 0 Å². The summed E-state index contributed by atoms with van der Waals surface area (Å²) in [4.78, 5) is 11.6. The van der Waals surface area contributed by atoms with E-state index in [4.69, 9.17) is 0 Å². The van der Waals surface area contributed by atoms with Crippen molar-refractivity contribution in [2.45, 2.75) is 0 Å². The fourth-order valence-electron chi connectivity index (χ4n) is 1.15. The number of halogens is 2. The zero-order valence-electron chi connectivity index (χ0n) is 9.54. The predicted octanol–water partition coefficient (Wildman–Crippen LogP) is 0.867. The molecule has 1 aromatic carbocycles. The van der Waals surface area contributed by atoms with E-state index in [0.717, 1.165) is 6.26 Å². The van der Waals surface area contributed by atoms with E-state index in [1.165, 1.54) is 18.2 Å². The third-order valence-corrected chi connectivity index (χ3v) is 3.29. The molecule has 0 atom stereocenters. The highest BCUT2D eigenvalue weighted by atomic mass is 79.9. The Kier molecular flexibility index (Phi) is 5.24. The van der Waals surface area contributed by atoms with E-state index >= 15 is 0 Å². The van der Waals surface area contributed by atoms with E-state index < -0.39 is 21.7 Å². The molecule has 0 aliphatic rings. The van der Waals surface area contributed by atoms with Crippen LogP contribution in [0.25, 0.3) is 0 Å². The molecule has 100 valence electrons. The lowest BCUT2D eigenvalue weighted by Crippen LogP contribution is -2.34. The molecular formula is C10H12BrFN2O3S. The summed E-state index contributed by atoms with van der Waals surface area (Å²) in [5.74, 6) is -0.851. The van der Waals surface area contributed by atoms with Crippen LogP contribution in [-0.4, -0.2) is 33.7 Å². The van der Waals surface area contributed by atoms with E-state index in [0.29, 0.717) is 5.56 Å². The maximum Gasteiger partial charge on any atom is 0.251 e. The zero-order chi connectivity index (χ0) is 13.8. The third-order valence-electron chi connectivity index (χ3n) is 1.96. The second-order valence-corrected chi connectivity index (χ2v) is 6.24. The van der Waals surface area contributed by atoms with Crippen LogP contribution in [0.3, 0.4) is 0 Å². The normalized spacial score (nSPS) is 11.3. The van der Waals surface area contributed by atoms with Crippen LogP contribution in [0.2, 0.25) is 0 Å². The topological polar surface area (TPSA) is 75.3 Å². The van der Waals surface area contributed by atoms with Gasteiger partial charge in [0.15, 0.2) is 0 Å². The molecule has 0 aromatic heterocycles. The van der Waals surface area contributed by atoms with Crippen molar-refractivity contribution in [2.75, 3.05) is 19.3 Å². The minimum absolute atomic E-state index is 0.104. The number of nitrogens with one attached hydrogen (secondary N) is 2. The monoisotopic (exact) mass is 338 g/mol. The van der Waals surface area contributed by atoms with Crippen LogP contribution in [0.5, 0.6) is 0 Å². The molecule has 0 radical (unpaired) electrons. The lowest BCUT2D eigenvalue weighted by molar-refractivity contribution is 0.0954. The molecule has 1 amide bonds. The first-order valence-corrected chi connectivity index (χ1v) is 7.66. The van der Waals surface area contributed by atoms with Crippen molar-refractivity contribution in [2.24, 2.45) is 0 Å². The van der Waals surface area contributed by atoms with Gasteiger partial charge in [-0.25, -0.2) is 17.5 Å². The number of carbonyl (C=O) groups excluding carboxylic acids is 1. The molecular weight excluding hydrogens is 327 g/mol. The summed E-state index contributed by atoms with van der Waals surface area (Å²) in [6, 6.07) is 3.88. The van der Waals surface area contributed by atoms with Crippen LogP contribution >= 0.6 is 15.9 Å². The van der Waals surface area contributed by atoms with E-state index in [-0.39, 0.29) is 17.6 Å². The minimum Gasteiger partial charge on any atom is -0.351 e. The number of rotatable bonds is 5. The fourth-order valence-corrected chi connectivity index (χ4v) is 2.00. The van der Waals surface area contributed by atoms with Crippen molar-refractivity contribution in [1.29, 1.82) is 0 Å². The Morgan fingerprint density at radius 1 is 1.39 bits per heavy atom. The summed E-state index contributed by atoms with van der Waals surface area (Å²) in [6.07, 6.45) is 1.03. The average Bonchev–Trinajstić information content (AvgIpc) is 2.26. The van der Waals surface area contributed by atoms with Crippen LogP contribution in [0.1, 0.15) is 10.4 Å². The molecule has 0 fully saturated rings. The number of benzene rings is 1. The van der Waals surface area contributed by atoms with Crippen molar-refractivity contribution in [3.63, 3.8) is 0 Å². The molecule has 18 heavy (non-hydrogen) atoms. The molecule has 0 heterocycles. The Hall–Kier alpha value is -0.990. The minimum atomic E-state index is -3.26. The molecule has 5 nitrogen and oxygen atoms in total. The van der Waals surface area contributed by atoms with E-state index in [9.17, 15) is 17.6 Å². The first kappa shape index (κ1) is 15.1. The Balaban J connectivity index is 2.48. The Labute approximate surface area is 113 Å². The largest absolute Gasteiger partial charge is 0.351 e. The standard InChI is InChI=1S/C10H12BrFN2O3S/c1-18(16,17)14-5-4-13-10(15)7-2-3-9(12)8(11)6-7/h2-3,6,14H,4-5H2,1H3,(H,13,15). The SMILES string of the molecule is CS(=O)(=O)NCCNC(=O)c1ccc(F)c(Br)c1. The highest BCUT2D eigenvalue weighted by Crippen LogP contribution is 2.16. The van der Waals surface area contributed by atoms with E-state index in [1.54, 1.807) is 0 Å². The number of hydrogen-bond donors (Lipinski definition) is 2. The second kappa shape index (κ2) is 6.26. The summed E-state index contributed by atoms with van der Waals surface area (Å²) in [5.41, 5.74) is 0.294. The van der Waals surface area contributed by atoms with Gasteiger partial charge in [0.2, 0.25) is 10.0 Å². The van der Waals surface area contributed by atoms with Crippen LogP contribution < -0.4 is 10.0 Å². The second-order valence-electron chi connectivity index (χ2n) is 3.55. The Bertz CT molecular complexity index is 548. The number of hydrogen-bond acceptors (Lipinski definition) is 3. The van der Waals surface area contributed by atoms with Gasteiger partial charge in [0, 0.05) is 18.7 Å². The van der Waals surface area contributed by atoms with Gasteiger partial charge in [-0.2, -0.15) is 0 Å². The van der Waals surface area contributed by atoms with Gasteiger partial charge < -0.3 is 5.32 Å². The van der Waals surface area contributed by atoms with Gasteiger partial charge in [-0.3, -0.25) is 4.79 Å². The molecule has 0 aliphatic heterocycles. The Morgan fingerprint density at radius 2 is 2.06 bits per heavy atom. The predicted molar refractivity (Wildman–Crippen MR) is 69.3 cm³/mol. The van der Waals surface area contributed by atoms with Crippen molar-refractivity contribution < 1.29 is 17.6 Å². The first-order valence-electron chi connectivity index (χ1n) is 4.97. The van der Waals surface area contributed by atoms with Crippen molar-refractivity contribution in [1.82, 2.24) is 10.0 Å².